The molecular formula is C5H7IN2. The predicted molar refractivity (Wildman–Crippen MR) is 41.3 cm³/mol. The van der Waals surface area contributed by atoms with Gasteiger partial charge >= 0.3 is 0 Å². The Morgan fingerprint density at radius 1 is 1.62 bits per heavy atom. The molecule has 0 aromatic heterocycles. The van der Waals surface area contributed by atoms with Crippen molar-refractivity contribution in [2.75, 3.05) is 4.43 Å². The van der Waals surface area contributed by atoms with E-state index in [0.717, 1.165) is 10.8 Å². The molecule has 0 bridgehead atoms. The quantitative estimate of drug-likeness (QED) is 0.304. The molecule has 0 aromatic rings. The van der Waals surface area contributed by atoms with Crippen molar-refractivity contribution in [1.29, 1.82) is 0 Å². The molecule has 0 amide bonds. The highest BCUT2D eigenvalue weighted by atomic mass is 127. The molecule has 1 aliphatic heterocycles. The second kappa shape index (κ2) is 2.21. The third-order valence-corrected chi connectivity index (χ3v) is 2.41. The summed E-state index contributed by atoms with van der Waals surface area (Å²) in [5.41, 5.74) is 6.09. The zero-order valence-corrected chi connectivity index (χ0v) is 6.53. The summed E-state index contributed by atoms with van der Waals surface area (Å²) in [7, 11) is 0. The van der Waals surface area contributed by atoms with E-state index in [-0.39, 0.29) is 5.66 Å². The van der Waals surface area contributed by atoms with Gasteiger partial charge < -0.3 is 0 Å². The summed E-state index contributed by atoms with van der Waals surface area (Å²) in [6.07, 6.45) is 5.87. The topological polar surface area (TPSA) is 43.9 Å². The van der Waals surface area contributed by atoms with Crippen molar-refractivity contribution in [3.63, 3.8) is 0 Å². The van der Waals surface area contributed by atoms with Gasteiger partial charge in [0.2, 0.25) is 0 Å². The summed E-state index contributed by atoms with van der Waals surface area (Å²) in [5.74, 6) is 2.59. The van der Waals surface area contributed by atoms with Crippen LogP contribution in [0.4, 0.5) is 0 Å². The fourth-order valence-electron chi connectivity index (χ4n) is 0.465. The molecule has 0 saturated carbocycles. The Morgan fingerprint density at radius 2 is 2.25 bits per heavy atom. The zero-order valence-electron chi connectivity index (χ0n) is 4.37. The van der Waals surface area contributed by atoms with Crippen molar-refractivity contribution in [2.45, 2.75) is 12.1 Å². The van der Waals surface area contributed by atoms with Crippen LogP contribution in [0.5, 0.6) is 0 Å². The first-order valence-corrected chi connectivity index (χ1v) is 3.89. The summed E-state index contributed by atoms with van der Waals surface area (Å²) in [5, 5.41) is 0. The lowest BCUT2D eigenvalue weighted by Crippen LogP contribution is -2.17. The van der Waals surface area contributed by atoms with Gasteiger partial charge in [-0.15, -0.1) is 12.3 Å². The average molecular weight is 222 g/mol. The summed E-state index contributed by atoms with van der Waals surface area (Å²) >= 11 is 2.30. The maximum Gasteiger partial charge on any atom is 0.114 e. The number of hydrogen-bond acceptors (Lipinski definition) is 2. The first kappa shape index (κ1) is 6.33. The minimum absolute atomic E-state index is 0.0926. The maximum absolute atomic E-state index is 5.10. The SMILES string of the molecule is C#CCC1(CI)NN1. The molecule has 8 heavy (non-hydrogen) atoms. The van der Waals surface area contributed by atoms with E-state index in [1.165, 1.54) is 0 Å². The molecular weight excluding hydrogens is 215 g/mol. The van der Waals surface area contributed by atoms with Crippen LogP contribution in [0.3, 0.4) is 0 Å². The largest absolute Gasteiger partial charge is 0.233 e. The number of terminal acetylenes is 1. The molecule has 0 aromatic carbocycles. The second-order valence-corrected chi connectivity index (χ2v) is 2.61. The van der Waals surface area contributed by atoms with Crippen molar-refractivity contribution in [3.8, 4) is 12.3 Å². The Balaban J connectivity index is 2.33. The normalized spacial score (nSPS) is 22.0. The molecule has 1 saturated heterocycles. The molecule has 2 nitrogen and oxygen atoms in total. The smallest absolute Gasteiger partial charge is 0.114 e. The molecule has 1 heterocycles. The Labute approximate surface area is 62.5 Å². The third kappa shape index (κ3) is 1.13. The first-order chi connectivity index (χ1) is 3.83. The van der Waals surface area contributed by atoms with E-state index >= 15 is 0 Å². The van der Waals surface area contributed by atoms with Crippen molar-refractivity contribution in [1.82, 2.24) is 10.9 Å². The van der Waals surface area contributed by atoms with Crippen LogP contribution in [-0.2, 0) is 0 Å². The Kier molecular flexibility index (Phi) is 1.75. The van der Waals surface area contributed by atoms with E-state index in [9.17, 15) is 0 Å². The summed E-state index contributed by atoms with van der Waals surface area (Å²) in [6.45, 7) is 0. The minimum Gasteiger partial charge on any atom is -0.233 e. The molecule has 2 N–H and O–H groups in total. The number of halogens is 1. The molecule has 0 unspecified atom stereocenters. The highest BCUT2D eigenvalue weighted by Gasteiger charge is 2.39. The van der Waals surface area contributed by atoms with Crippen LogP contribution in [0.15, 0.2) is 0 Å². The Hall–Kier alpha value is 0.210. The molecule has 0 spiro atoms. The monoisotopic (exact) mass is 222 g/mol. The van der Waals surface area contributed by atoms with Gasteiger partial charge in [0.15, 0.2) is 0 Å². The molecule has 44 valence electrons. The summed E-state index contributed by atoms with van der Waals surface area (Å²) in [6, 6.07) is 0. The molecule has 1 fully saturated rings. The van der Waals surface area contributed by atoms with Crippen molar-refractivity contribution >= 4 is 22.6 Å². The first-order valence-electron chi connectivity index (χ1n) is 2.37. The lowest BCUT2D eigenvalue weighted by molar-refractivity contribution is 0.720. The van der Waals surface area contributed by atoms with Crippen molar-refractivity contribution in [2.24, 2.45) is 0 Å². The van der Waals surface area contributed by atoms with Crippen LogP contribution >= 0.6 is 22.6 Å². The van der Waals surface area contributed by atoms with Gasteiger partial charge in [-0.2, -0.15) is 0 Å². The lowest BCUT2D eigenvalue weighted by atomic mass is 10.2. The molecule has 0 atom stereocenters. The Bertz CT molecular complexity index is 123. The van der Waals surface area contributed by atoms with E-state index in [0.29, 0.717) is 0 Å². The van der Waals surface area contributed by atoms with Gasteiger partial charge in [-0.25, -0.2) is 10.9 Å². The fraction of sp³-hybridized carbons (Fsp3) is 0.600. The third-order valence-electron chi connectivity index (χ3n) is 1.11. The van der Waals surface area contributed by atoms with Crippen LogP contribution in [-0.4, -0.2) is 10.1 Å². The van der Waals surface area contributed by atoms with Crippen LogP contribution in [0.25, 0.3) is 0 Å². The Morgan fingerprint density at radius 3 is 2.38 bits per heavy atom. The van der Waals surface area contributed by atoms with Crippen LogP contribution in [0.1, 0.15) is 6.42 Å². The van der Waals surface area contributed by atoms with Gasteiger partial charge in [0.05, 0.1) is 0 Å². The van der Waals surface area contributed by atoms with Gasteiger partial charge in [-0.3, -0.25) is 0 Å². The number of hydrazine groups is 1. The highest BCUT2D eigenvalue weighted by Crippen LogP contribution is 2.16. The average Bonchev–Trinajstić information content (AvgIpc) is 2.50. The predicted octanol–water partition coefficient (Wildman–Crippen LogP) is 0.249. The second-order valence-electron chi connectivity index (χ2n) is 1.85. The van der Waals surface area contributed by atoms with E-state index in [2.05, 4.69) is 39.4 Å². The van der Waals surface area contributed by atoms with E-state index in [1.54, 1.807) is 0 Å². The number of alkyl halides is 1. The highest BCUT2D eigenvalue weighted by molar-refractivity contribution is 14.1. The summed E-state index contributed by atoms with van der Waals surface area (Å²) < 4.78 is 1.02. The van der Waals surface area contributed by atoms with Crippen LogP contribution in [0.2, 0.25) is 0 Å². The van der Waals surface area contributed by atoms with E-state index in [4.69, 9.17) is 6.42 Å². The van der Waals surface area contributed by atoms with Gasteiger partial charge in [-0.1, -0.05) is 22.6 Å². The van der Waals surface area contributed by atoms with E-state index in [1.807, 2.05) is 0 Å². The molecule has 1 aliphatic rings. The molecule has 3 heteroatoms. The summed E-state index contributed by atoms with van der Waals surface area (Å²) in [4.78, 5) is 0. The molecule has 0 radical (unpaired) electrons. The van der Waals surface area contributed by atoms with Gasteiger partial charge in [0.1, 0.15) is 5.66 Å². The maximum atomic E-state index is 5.10. The number of hydrogen-bond donors (Lipinski definition) is 2. The standard InChI is InChI=1S/C5H7IN2/c1-2-3-5(4-6)7-8-5/h1,7-8H,3-4H2. The zero-order chi connectivity index (χ0) is 6.04. The molecule has 0 aliphatic carbocycles. The number of rotatable bonds is 2. The van der Waals surface area contributed by atoms with E-state index < -0.39 is 0 Å². The number of nitrogens with one attached hydrogen (secondary N) is 2. The lowest BCUT2D eigenvalue weighted by Gasteiger charge is -1.98. The van der Waals surface area contributed by atoms with Crippen molar-refractivity contribution in [3.05, 3.63) is 0 Å². The van der Waals surface area contributed by atoms with Crippen molar-refractivity contribution < 1.29 is 0 Å². The molecule has 1 rings (SSSR count). The van der Waals surface area contributed by atoms with Crippen LogP contribution in [0, 0.1) is 12.3 Å². The van der Waals surface area contributed by atoms with Gasteiger partial charge in [-0.05, 0) is 0 Å². The van der Waals surface area contributed by atoms with Gasteiger partial charge in [0.25, 0.3) is 0 Å². The minimum atomic E-state index is 0.0926. The van der Waals surface area contributed by atoms with Gasteiger partial charge in [0, 0.05) is 10.8 Å². The fourth-order valence-corrected chi connectivity index (χ4v) is 1.12. The van der Waals surface area contributed by atoms with Crippen LogP contribution < -0.4 is 10.9 Å².